The molecule has 5 heterocycles. The van der Waals surface area contributed by atoms with E-state index in [0.717, 1.165) is 33.0 Å². The number of H-pyrrole nitrogens is 2. The first-order valence-corrected chi connectivity index (χ1v) is 18.3. The van der Waals surface area contributed by atoms with E-state index in [1.807, 2.05) is 78.9 Å². The number of aromatic amines is 2. The van der Waals surface area contributed by atoms with E-state index in [1.54, 1.807) is 12.1 Å². The lowest BCUT2D eigenvalue weighted by molar-refractivity contribution is 0.506. The summed E-state index contributed by atoms with van der Waals surface area (Å²) >= 11 is -0.186. The second-order valence-electron chi connectivity index (χ2n) is 10.7. The van der Waals surface area contributed by atoms with Crippen molar-refractivity contribution in [2.45, 2.75) is 0 Å². The van der Waals surface area contributed by atoms with Crippen LogP contribution in [-0.4, -0.2) is 63.4 Å². The summed E-state index contributed by atoms with van der Waals surface area (Å²) in [6.45, 7) is 0. The van der Waals surface area contributed by atoms with Crippen LogP contribution in [0.5, 0.6) is 5.75 Å². The predicted molar refractivity (Wildman–Crippen MR) is 174 cm³/mol. The number of fused-ring (bicyclic) bond motifs is 20. The molecule has 2 aliphatic rings. The molecule has 3 aromatic heterocycles. The Hall–Kier alpha value is -5.48. The first-order valence-electron chi connectivity index (χ1n) is 14.0. The van der Waals surface area contributed by atoms with E-state index in [0.29, 0.717) is 56.7 Å². The Morgan fingerprint density at radius 3 is 1.38 bits per heavy atom. The Balaban J connectivity index is 1.50. The smallest absolute Gasteiger partial charge is 0.399 e. The highest BCUT2D eigenvalue weighted by molar-refractivity contribution is 8.08. The third-order valence-electron chi connectivity index (χ3n) is 7.78. The third-order valence-corrected chi connectivity index (χ3v) is 8.76. The van der Waals surface area contributed by atoms with Crippen molar-refractivity contribution >= 4 is 67.8 Å². The lowest BCUT2D eigenvalue weighted by Crippen LogP contribution is -2.07. The summed E-state index contributed by atoms with van der Waals surface area (Å²) in [4.78, 5) is 36.3. The van der Waals surface area contributed by atoms with E-state index in [4.69, 9.17) is 34.1 Å². The van der Waals surface area contributed by atoms with Gasteiger partial charge in [-0.1, -0.05) is 84.9 Å². The van der Waals surface area contributed by atoms with E-state index in [1.165, 1.54) is 0 Å². The Morgan fingerprint density at radius 1 is 0.489 bits per heavy atom. The molecule has 8 bridgehead atoms. The number of hydrogen-bond acceptors (Lipinski definition) is 9. The van der Waals surface area contributed by atoms with Crippen molar-refractivity contribution in [1.82, 2.24) is 39.9 Å². The molecule has 11 nitrogen and oxygen atoms in total. The normalized spacial score (nSPS) is 12.3. The molecule has 0 saturated carbocycles. The molecule has 13 heteroatoms. The summed E-state index contributed by atoms with van der Waals surface area (Å²) in [5.74, 6) is 2.00. The van der Waals surface area contributed by atoms with Crippen LogP contribution in [0.15, 0.2) is 91.0 Å². The fraction of sp³-hybridized carbons (Fsp3) is 0. The predicted octanol–water partition coefficient (Wildman–Crippen LogP) is 5.13. The van der Waals surface area contributed by atoms with E-state index >= 15 is 0 Å². The zero-order valence-corrected chi connectivity index (χ0v) is 26.3. The van der Waals surface area contributed by atoms with Crippen LogP contribution in [0.2, 0.25) is 0 Å². The lowest BCUT2D eigenvalue weighted by Gasteiger charge is -2.05. The highest BCUT2D eigenvalue weighted by Gasteiger charge is 2.23. The van der Waals surface area contributed by atoms with Gasteiger partial charge in [0.15, 0.2) is 37.5 Å². The van der Waals surface area contributed by atoms with Gasteiger partial charge in [0, 0.05) is 38.4 Å². The van der Waals surface area contributed by atoms with Crippen molar-refractivity contribution < 1.29 is 12.6 Å². The van der Waals surface area contributed by atoms with Gasteiger partial charge in [0.05, 0.1) is 5.39 Å². The second kappa shape index (κ2) is 9.51. The molecule has 4 aromatic carbocycles. The molecule has 214 valence electrons. The zero-order valence-electron chi connectivity index (χ0n) is 23.5. The minimum absolute atomic E-state index is 0.152. The lowest BCUT2D eigenvalue weighted by atomic mass is 10.1. The maximum absolute atomic E-state index is 12.3. The minimum atomic E-state index is -3.71. The summed E-state index contributed by atoms with van der Waals surface area (Å²) in [5.41, 5.74) is 5.24. The van der Waals surface area contributed by atoms with Crippen LogP contribution in [0.4, 0.5) is 0 Å². The Kier molecular flexibility index (Phi) is 5.49. The van der Waals surface area contributed by atoms with Crippen LogP contribution in [-0.2, 0) is 8.48 Å². The average Bonchev–Trinajstić information content (AvgIpc) is 3.76. The topological polar surface area (TPSA) is 152 Å². The van der Waals surface area contributed by atoms with Gasteiger partial charge in [0.25, 0.3) is 0 Å². The van der Waals surface area contributed by atoms with Gasteiger partial charge in [0.2, 0.25) is 0 Å². The molecule has 45 heavy (non-hydrogen) atoms. The van der Waals surface area contributed by atoms with Crippen molar-refractivity contribution in [3.05, 3.63) is 91.0 Å². The largest absolute Gasteiger partial charge is 0.473 e. The van der Waals surface area contributed by atoms with Gasteiger partial charge in [0.1, 0.15) is 22.6 Å². The summed E-state index contributed by atoms with van der Waals surface area (Å²) in [6, 6.07) is 28.6. The molecule has 9 rings (SSSR count). The van der Waals surface area contributed by atoms with Gasteiger partial charge < -0.3 is 14.2 Å². The van der Waals surface area contributed by atoms with Gasteiger partial charge in [-0.2, -0.15) is 0 Å². The van der Waals surface area contributed by atoms with E-state index < -0.39 is 8.48 Å². The summed E-state index contributed by atoms with van der Waals surface area (Å²) in [5, 5.41) is 2.86. The fourth-order valence-electron chi connectivity index (χ4n) is 5.89. The molecule has 0 spiro atoms. The maximum atomic E-state index is 12.3. The van der Waals surface area contributed by atoms with Crippen molar-refractivity contribution in [1.29, 1.82) is 0 Å². The molecule has 0 aliphatic carbocycles. The highest BCUT2D eigenvalue weighted by atomic mass is 32.4. The first kappa shape index (κ1) is 26.0. The van der Waals surface area contributed by atoms with Crippen LogP contribution in [0.3, 0.4) is 0 Å². The molecule has 2 aliphatic heterocycles. The molecule has 7 aromatic rings. The van der Waals surface area contributed by atoms with Crippen molar-refractivity contribution in [2.24, 2.45) is 0 Å². The Bertz CT molecular complexity index is 2680. The maximum Gasteiger partial charge on any atom is 0.473 e. The monoisotopic (exact) mass is 622 g/mol. The number of benzene rings is 4. The van der Waals surface area contributed by atoms with Gasteiger partial charge >= 0.3 is 15.2 Å². The first-order chi connectivity index (χ1) is 21.9. The summed E-state index contributed by atoms with van der Waals surface area (Å²) in [7, 11) is -3.71. The molecule has 0 amide bonds. The standard InChI is InChI=1S/C32H17N8O3S.Al.2H/c41-44(42)43-23-15-7-14-22-24(23)32-39-30-21-13-6-5-12-20(21)28(37-30)35-26-17-9-2-1-8-16(17)25(33-26)34-27-18-10-3-4-11-19(18)29(36-27)38-31(22)40-32;;;/h1-15H,(H2,33,34,35,36,37,38,39,40);;;. The molecular formula is C32H19AlN8O3S. The number of nitrogens with one attached hydrogen (secondary N) is 2. The van der Waals surface area contributed by atoms with Gasteiger partial charge in [-0.25, -0.2) is 38.3 Å². The Morgan fingerprint density at radius 2 is 0.889 bits per heavy atom. The number of hydrogen-bond donors (Lipinski definition) is 2. The van der Waals surface area contributed by atoms with E-state index in [-0.39, 0.29) is 20.9 Å². The molecular weight excluding hydrogens is 603 g/mol. The van der Waals surface area contributed by atoms with Crippen LogP contribution in [0.25, 0.3) is 89.7 Å². The Labute approximate surface area is 261 Å². The zero-order chi connectivity index (χ0) is 30.3. The molecule has 2 N–H and O–H groups in total. The van der Waals surface area contributed by atoms with Crippen molar-refractivity contribution in [2.75, 3.05) is 0 Å². The fourth-order valence-corrected chi connectivity index (χ4v) is 6.89. The molecule has 0 radical (unpaired) electrons. The number of rotatable bonds is 2. The molecule has 0 fully saturated rings. The summed E-state index contributed by atoms with van der Waals surface area (Å²) in [6.07, 6.45) is 0. The summed E-state index contributed by atoms with van der Waals surface area (Å²) < 4.78 is 30.1. The third kappa shape index (κ3) is 4.21. The van der Waals surface area contributed by atoms with Crippen LogP contribution in [0, 0.1) is 0 Å². The molecule has 0 unspecified atom stereocenters. The molecule has 0 atom stereocenters. The quantitative estimate of drug-likeness (QED) is 0.250. The van der Waals surface area contributed by atoms with Gasteiger partial charge in [-0.3, -0.25) is 0 Å². The minimum Gasteiger partial charge on any atom is -0.399 e. The van der Waals surface area contributed by atoms with Gasteiger partial charge in [-0.15, -0.1) is 0 Å². The van der Waals surface area contributed by atoms with Crippen LogP contribution < -0.4 is 4.18 Å². The van der Waals surface area contributed by atoms with Gasteiger partial charge in [-0.05, 0) is 6.07 Å². The van der Waals surface area contributed by atoms with Crippen molar-refractivity contribution in [3.8, 4) is 51.3 Å². The van der Waals surface area contributed by atoms with Crippen LogP contribution in [0.1, 0.15) is 0 Å². The van der Waals surface area contributed by atoms with E-state index in [9.17, 15) is 8.42 Å². The SMILES string of the molecule is O=[S](=O)([AlH2])Oc1cccc2c3nc4nc(nc5[nH]c(nc6nc(nc([nH]3)c12)-c1ccccc1-6)c1ccccc51)-c1ccccc1-4. The number of aromatic nitrogens is 8. The highest BCUT2D eigenvalue weighted by Crippen LogP contribution is 2.38. The number of nitrogens with zero attached hydrogens (tertiary/aromatic N) is 6. The average molecular weight is 623 g/mol. The van der Waals surface area contributed by atoms with Crippen molar-refractivity contribution in [3.63, 3.8) is 0 Å². The molecule has 0 saturated heterocycles. The van der Waals surface area contributed by atoms with E-state index in [2.05, 4.69) is 9.97 Å². The second-order valence-corrected chi connectivity index (χ2v) is 15.3. The van der Waals surface area contributed by atoms with Crippen LogP contribution >= 0.6 is 0 Å².